The minimum atomic E-state index is -0.129. The van der Waals surface area contributed by atoms with Crippen LogP contribution in [0, 0.1) is 5.92 Å². The molecule has 0 amide bonds. The summed E-state index contributed by atoms with van der Waals surface area (Å²) < 4.78 is 12.1. The zero-order valence-corrected chi connectivity index (χ0v) is 16.9. The number of fused-ring (bicyclic) bond motifs is 1. The van der Waals surface area contributed by atoms with Crippen molar-refractivity contribution < 1.29 is 14.6 Å². The molecule has 28 heavy (non-hydrogen) atoms. The second kappa shape index (κ2) is 7.88. The molecular formula is C24H29NO3. The number of aromatic hydroxyl groups is 1. The van der Waals surface area contributed by atoms with Gasteiger partial charge in [-0.25, -0.2) is 0 Å². The van der Waals surface area contributed by atoms with E-state index in [1.807, 2.05) is 25.1 Å². The molecule has 0 aliphatic carbocycles. The van der Waals surface area contributed by atoms with E-state index < -0.39 is 0 Å². The van der Waals surface area contributed by atoms with Gasteiger partial charge in [-0.2, -0.15) is 0 Å². The Kier molecular flexibility index (Phi) is 5.31. The summed E-state index contributed by atoms with van der Waals surface area (Å²) in [5.41, 5.74) is 3.14. The maximum Gasteiger partial charge on any atom is 0.143 e. The fraction of sp³-hybridized carbons (Fsp3) is 0.417. The van der Waals surface area contributed by atoms with Crippen LogP contribution in [0.4, 0.5) is 0 Å². The summed E-state index contributed by atoms with van der Waals surface area (Å²) in [6, 6.07) is 13.8. The normalized spacial score (nSPS) is 22.9. The van der Waals surface area contributed by atoms with Gasteiger partial charge in [-0.15, -0.1) is 0 Å². The number of rotatable bonds is 5. The van der Waals surface area contributed by atoms with Crippen molar-refractivity contribution in [3.63, 3.8) is 0 Å². The van der Waals surface area contributed by atoms with E-state index in [1.165, 1.54) is 19.5 Å². The van der Waals surface area contributed by atoms with Crippen molar-refractivity contribution in [1.29, 1.82) is 0 Å². The maximum atomic E-state index is 9.69. The van der Waals surface area contributed by atoms with Crippen LogP contribution in [0.15, 0.2) is 48.5 Å². The molecule has 3 unspecified atom stereocenters. The van der Waals surface area contributed by atoms with Crippen molar-refractivity contribution in [1.82, 2.24) is 4.90 Å². The molecule has 0 radical (unpaired) electrons. The first kappa shape index (κ1) is 18.9. The van der Waals surface area contributed by atoms with Gasteiger partial charge in [0.15, 0.2) is 0 Å². The summed E-state index contributed by atoms with van der Waals surface area (Å²) in [5, 5.41) is 9.69. The van der Waals surface area contributed by atoms with E-state index in [2.05, 4.69) is 37.0 Å². The van der Waals surface area contributed by atoms with Crippen molar-refractivity contribution in [3.05, 3.63) is 59.7 Å². The number of phenolic OH excluding ortho intramolecular Hbond substituents is 1. The molecule has 4 heteroatoms. The molecule has 4 rings (SSSR count). The number of nitrogens with zero attached hydrogens (tertiary/aromatic N) is 1. The monoisotopic (exact) mass is 379 g/mol. The Hall–Kier alpha value is -2.46. The second-order valence-corrected chi connectivity index (χ2v) is 8.19. The molecule has 2 heterocycles. The quantitative estimate of drug-likeness (QED) is 0.790. The van der Waals surface area contributed by atoms with E-state index in [9.17, 15) is 5.11 Å². The number of allylic oxidation sites excluding steroid dienone is 1. The highest BCUT2D eigenvalue weighted by Crippen LogP contribution is 2.39. The zero-order valence-electron chi connectivity index (χ0n) is 16.9. The average Bonchev–Trinajstić information content (AvgIpc) is 3.13. The molecule has 0 bridgehead atoms. The number of hydrogen-bond acceptors (Lipinski definition) is 4. The third kappa shape index (κ3) is 4.02. The average molecular weight is 380 g/mol. The van der Waals surface area contributed by atoms with E-state index in [-0.39, 0.29) is 11.9 Å². The topological polar surface area (TPSA) is 41.9 Å². The predicted octanol–water partition coefficient (Wildman–Crippen LogP) is 5.04. The molecule has 0 aromatic heterocycles. The fourth-order valence-corrected chi connectivity index (χ4v) is 4.03. The van der Waals surface area contributed by atoms with Gasteiger partial charge in [-0.05, 0) is 80.3 Å². The van der Waals surface area contributed by atoms with E-state index in [0.717, 1.165) is 34.1 Å². The predicted molar refractivity (Wildman–Crippen MR) is 112 cm³/mol. The SMILES string of the molecule is CC1=CC(c2ccc(OCC(C)N3CCC(C)C3)cc2)Oc2ccc(O)cc21. The zero-order chi connectivity index (χ0) is 19.7. The Balaban J connectivity index is 1.38. The van der Waals surface area contributed by atoms with Gasteiger partial charge in [-0.1, -0.05) is 19.1 Å². The summed E-state index contributed by atoms with van der Waals surface area (Å²) in [5.74, 6) is 2.75. The molecule has 0 saturated carbocycles. The Morgan fingerprint density at radius 1 is 1.21 bits per heavy atom. The number of likely N-dealkylation sites (tertiary alicyclic amines) is 1. The number of phenols is 1. The summed E-state index contributed by atoms with van der Waals surface area (Å²) >= 11 is 0. The minimum absolute atomic E-state index is 0.129. The first-order valence-electron chi connectivity index (χ1n) is 10.1. The molecule has 4 nitrogen and oxygen atoms in total. The first-order chi connectivity index (χ1) is 13.5. The third-order valence-corrected chi connectivity index (χ3v) is 5.82. The van der Waals surface area contributed by atoms with Gasteiger partial charge in [0.25, 0.3) is 0 Å². The lowest BCUT2D eigenvalue weighted by Gasteiger charge is -2.25. The lowest BCUT2D eigenvalue weighted by Crippen LogP contribution is -2.35. The van der Waals surface area contributed by atoms with Crippen molar-refractivity contribution in [2.75, 3.05) is 19.7 Å². The fourth-order valence-electron chi connectivity index (χ4n) is 4.03. The van der Waals surface area contributed by atoms with E-state index in [0.29, 0.717) is 12.6 Å². The largest absolute Gasteiger partial charge is 0.508 e. The Labute approximate surface area is 167 Å². The van der Waals surface area contributed by atoms with E-state index in [4.69, 9.17) is 9.47 Å². The number of benzene rings is 2. The van der Waals surface area contributed by atoms with Crippen molar-refractivity contribution in [3.8, 4) is 17.2 Å². The van der Waals surface area contributed by atoms with Crippen molar-refractivity contribution in [2.45, 2.75) is 39.3 Å². The van der Waals surface area contributed by atoms with Gasteiger partial charge in [0.05, 0.1) is 0 Å². The smallest absolute Gasteiger partial charge is 0.143 e. The van der Waals surface area contributed by atoms with Gasteiger partial charge < -0.3 is 14.6 Å². The van der Waals surface area contributed by atoms with Crippen LogP contribution in [-0.4, -0.2) is 35.7 Å². The molecule has 0 spiro atoms. The molecule has 1 saturated heterocycles. The van der Waals surface area contributed by atoms with Gasteiger partial charge in [-0.3, -0.25) is 4.90 Å². The minimum Gasteiger partial charge on any atom is -0.508 e. The van der Waals surface area contributed by atoms with Crippen LogP contribution < -0.4 is 9.47 Å². The lowest BCUT2D eigenvalue weighted by atomic mass is 9.98. The summed E-state index contributed by atoms with van der Waals surface area (Å²) in [6.45, 7) is 9.66. The molecule has 3 atom stereocenters. The molecule has 148 valence electrons. The van der Waals surface area contributed by atoms with Crippen LogP contribution in [0.3, 0.4) is 0 Å². The molecule has 1 N–H and O–H groups in total. The second-order valence-electron chi connectivity index (χ2n) is 8.19. The van der Waals surface area contributed by atoms with E-state index in [1.54, 1.807) is 12.1 Å². The Morgan fingerprint density at radius 2 is 2.00 bits per heavy atom. The number of ether oxygens (including phenoxy) is 2. The first-order valence-corrected chi connectivity index (χ1v) is 10.1. The van der Waals surface area contributed by atoms with Gasteiger partial charge in [0.1, 0.15) is 30.0 Å². The summed E-state index contributed by atoms with van der Waals surface area (Å²) in [6.07, 6.45) is 3.25. The van der Waals surface area contributed by atoms with Crippen LogP contribution >= 0.6 is 0 Å². The van der Waals surface area contributed by atoms with Gasteiger partial charge >= 0.3 is 0 Å². The molecular weight excluding hydrogens is 350 g/mol. The van der Waals surface area contributed by atoms with Crippen LogP contribution in [0.5, 0.6) is 17.2 Å². The van der Waals surface area contributed by atoms with Crippen LogP contribution in [0.2, 0.25) is 0 Å². The van der Waals surface area contributed by atoms with Gasteiger partial charge in [0.2, 0.25) is 0 Å². The van der Waals surface area contributed by atoms with E-state index >= 15 is 0 Å². The molecule has 2 aliphatic heterocycles. The lowest BCUT2D eigenvalue weighted by molar-refractivity contribution is 0.169. The summed E-state index contributed by atoms with van der Waals surface area (Å²) in [7, 11) is 0. The highest BCUT2D eigenvalue weighted by Gasteiger charge is 2.24. The highest BCUT2D eigenvalue weighted by atomic mass is 16.5. The van der Waals surface area contributed by atoms with Crippen LogP contribution in [-0.2, 0) is 0 Å². The number of hydrogen-bond donors (Lipinski definition) is 1. The third-order valence-electron chi connectivity index (χ3n) is 5.82. The maximum absolute atomic E-state index is 9.69. The van der Waals surface area contributed by atoms with Crippen molar-refractivity contribution >= 4 is 5.57 Å². The van der Waals surface area contributed by atoms with Crippen molar-refractivity contribution in [2.24, 2.45) is 5.92 Å². The molecule has 2 aromatic carbocycles. The Morgan fingerprint density at radius 3 is 2.71 bits per heavy atom. The highest BCUT2D eigenvalue weighted by molar-refractivity contribution is 5.72. The van der Waals surface area contributed by atoms with Gasteiger partial charge in [0, 0.05) is 18.2 Å². The van der Waals surface area contributed by atoms with Crippen LogP contribution in [0.25, 0.3) is 5.57 Å². The molecule has 2 aromatic rings. The molecule has 2 aliphatic rings. The summed E-state index contributed by atoms with van der Waals surface area (Å²) in [4.78, 5) is 2.51. The standard InChI is InChI=1S/C24H29NO3/c1-16-10-11-25(14-16)18(3)15-27-21-7-4-19(5-8-21)24-12-17(2)22-13-20(26)6-9-23(22)28-24/h4-9,12-13,16,18,24,26H,10-11,14-15H2,1-3H3. The molecule has 1 fully saturated rings. The van der Waals surface area contributed by atoms with Crippen LogP contribution in [0.1, 0.15) is 44.4 Å². The Bertz CT molecular complexity index is 859.